The fourth-order valence-electron chi connectivity index (χ4n) is 2.10. The van der Waals surface area contributed by atoms with E-state index < -0.39 is 5.97 Å². The molecule has 0 fully saturated rings. The zero-order valence-corrected chi connectivity index (χ0v) is 11.5. The van der Waals surface area contributed by atoms with Crippen LogP contribution in [0.5, 0.6) is 0 Å². The fourth-order valence-corrected chi connectivity index (χ4v) is 2.22. The van der Waals surface area contributed by atoms with Gasteiger partial charge in [-0.15, -0.1) is 0 Å². The molecule has 20 heavy (non-hydrogen) atoms. The van der Waals surface area contributed by atoms with E-state index in [1.807, 2.05) is 30.3 Å². The number of benzene rings is 1. The van der Waals surface area contributed by atoms with Crippen molar-refractivity contribution in [1.82, 2.24) is 9.38 Å². The highest BCUT2D eigenvalue weighted by Crippen LogP contribution is 2.26. The summed E-state index contributed by atoms with van der Waals surface area (Å²) in [6.07, 6.45) is 1.79. The number of fused-ring (bicyclic) bond motifs is 1. The molecule has 0 unspecified atom stereocenters. The molecule has 2 aromatic heterocycles. The third-order valence-electron chi connectivity index (χ3n) is 3.03. The molecule has 0 aliphatic rings. The monoisotopic (exact) mass is 286 g/mol. The summed E-state index contributed by atoms with van der Waals surface area (Å²) in [5.74, 6) is -0.423. The molecule has 1 aromatic carbocycles. The van der Waals surface area contributed by atoms with Crippen LogP contribution in [0.15, 0.2) is 48.7 Å². The van der Waals surface area contributed by atoms with Crippen molar-refractivity contribution >= 4 is 23.2 Å². The molecular formula is C15H11ClN2O2. The van der Waals surface area contributed by atoms with Crippen molar-refractivity contribution in [2.45, 2.75) is 0 Å². The van der Waals surface area contributed by atoms with Crippen LogP contribution in [0.3, 0.4) is 0 Å². The second-order valence-electron chi connectivity index (χ2n) is 4.24. The van der Waals surface area contributed by atoms with Crippen molar-refractivity contribution in [2.24, 2.45) is 0 Å². The maximum absolute atomic E-state index is 12.0. The zero-order valence-electron chi connectivity index (χ0n) is 10.7. The molecule has 0 N–H and O–H groups in total. The number of pyridine rings is 1. The molecular weight excluding hydrogens is 276 g/mol. The Bertz CT molecular complexity index is 778. The van der Waals surface area contributed by atoms with Crippen LogP contribution >= 0.6 is 11.6 Å². The molecule has 3 aromatic rings. The van der Waals surface area contributed by atoms with Gasteiger partial charge in [-0.2, -0.15) is 0 Å². The van der Waals surface area contributed by atoms with Gasteiger partial charge in [-0.25, -0.2) is 9.78 Å². The molecule has 0 aliphatic heterocycles. The van der Waals surface area contributed by atoms with E-state index >= 15 is 0 Å². The first-order valence-electron chi connectivity index (χ1n) is 6.02. The number of nitrogens with zero attached hydrogens (tertiary/aromatic N) is 2. The number of esters is 1. The van der Waals surface area contributed by atoms with Gasteiger partial charge >= 0.3 is 5.97 Å². The molecule has 100 valence electrons. The molecule has 5 heteroatoms. The number of imidazole rings is 1. The summed E-state index contributed by atoms with van der Waals surface area (Å²) in [4.78, 5) is 16.5. The van der Waals surface area contributed by atoms with Crippen molar-refractivity contribution in [3.8, 4) is 11.3 Å². The SMILES string of the molecule is COC(=O)c1c(-c2ccc(Cl)cc2)nc2ccccn12. The van der Waals surface area contributed by atoms with Crippen LogP contribution in [0.4, 0.5) is 0 Å². The molecule has 0 spiro atoms. The van der Waals surface area contributed by atoms with Gasteiger partial charge in [-0.1, -0.05) is 29.8 Å². The van der Waals surface area contributed by atoms with Crippen molar-refractivity contribution in [3.05, 3.63) is 59.4 Å². The average Bonchev–Trinajstić information content (AvgIpc) is 2.86. The van der Waals surface area contributed by atoms with Gasteiger partial charge < -0.3 is 4.74 Å². The minimum absolute atomic E-state index is 0.408. The Hall–Kier alpha value is -2.33. The third-order valence-corrected chi connectivity index (χ3v) is 3.28. The summed E-state index contributed by atoms with van der Waals surface area (Å²) in [6.45, 7) is 0. The van der Waals surface area contributed by atoms with Crippen molar-refractivity contribution < 1.29 is 9.53 Å². The average molecular weight is 287 g/mol. The highest BCUT2D eigenvalue weighted by molar-refractivity contribution is 6.30. The minimum Gasteiger partial charge on any atom is -0.464 e. The molecule has 4 nitrogen and oxygen atoms in total. The largest absolute Gasteiger partial charge is 0.464 e. The second-order valence-corrected chi connectivity index (χ2v) is 4.67. The van der Waals surface area contributed by atoms with Crippen LogP contribution in [0.2, 0.25) is 5.02 Å². The summed E-state index contributed by atoms with van der Waals surface area (Å²) < 4.78 is 6.58. The number of carbonyl (C=O) groups excluding carboxylic acids is 1. The van der Waals surface area contributed by atoms with Gasteiger partial charge in [-0.05, 0) is 24.3 Å². The lowest BCUT2D eigenvalue weighted by molar-refractivity contribution is 0.0594. The highest BCUT2D eigenvalue weighted by Gasteiger charge is 2.20. The van der Waals surface area contributed by atoms with E-state index in [0.717, 1.165) is 5.56 Å². The number of ether oxygens (including phenoxy) is 1. The molecule has 0 aliphatic carbocycles. The summed E-state index contributed by atoms with van der Waals surface area (Å²) >= 11 is 5.89. The lowest BCUT2D eigenvalue weighted by atomic mass is 10.1. The molecule has 0 radical (unpaired) electrons. The maximum atomic E-state index is 12.0. The first-order chi connectivity index (χ1) is 9.70. The molecule has 0 amide bonds. The van der Waals surface area contributed by atoms with Gasteiger partial charge in [0, 0.05) is 16.8 Å². The summed E-state index contributed by atoms with van der Waals surface area (Å²) in [5, 5.41) is 0.636. The first-order valence-corrected chi connectivity index (χ1v) is 6.40. The molecule has 0 saturated heterocycles. The van der Waals surface area contributed by atoms with Crippen molar-refractivity contribution in [3.63, 3.8) is 0 Å². The van der Waals surface area contributed by atoms with Gasteiger partial charge in [-0.3, -0.25) is 4.40 Å². The quantitative estimate of drug-likeness (QED) is 0.678. The lowest BCUT2D eigenvalue weighted by Crippen LogP contribution is -2.06. The Morgan fingerprint density at radius 2 is 1.95 bits per heavy atom. The Balaban J connectivity index is 2.29. The van der Waals surface area contributed by atoms with Gasteiger partial charge in [0.1, 0.15) is 11.3 Å². The standard InChI is InChI=1S/C15H11ClN2O2/c1-20-15(19)14-13(10-5-7-11(16)8-6-10)17-12-4-2-3-9-18(12)14/h2-9H,1H3. The predicted molar refractivity (Wildman–Crippen MR) is 77.0 cm³/mol. The molecule has 2 heterocycles. The lowest BCUT2D eigenvalue weighted by Gasteiger charge is -2.03. The van der Waals surface area contributed by atoms with E-state index in [-0.39, 0.29) is 0 Å². The van der Waals surface area contributed by atoms with Crippen LogP contribution < -0.4 is 0 Å². The molecule has 3 rings (SSSR count). The Morgan fingerprint density at radius 3 is 2.65 bits per heavy atom. The van der Waals surface area contributed by atoms with Crippen LogP contribution in [-0.2, 0) is 4.74 Å². The molecule has 0 atom stereocenters. The van der Waals surface area contributed by atoms with Crippen LogP contribution in [0, 0.1) is 0 Å². The smallest absolute Gasteiger partial charge is 0.357 e. The van der Waals surface area contributed by atoms with Gasteiger partial charge in [0.15, 0.2) is 5.69 Å². The molecule has 0 bridgehead atoms. The third kappa shape index (κ3) is 2.04. The number of carbonyl (C=O) groups is 1. The normalized spacial score (nSPS) is 10.7. The maximum Gasteiger partial charge on any atom is 0.357 e. The zero-order chi connectivity index (χ0) is 14.1. The van der Waals surface area contributed by atoms with E-state index in [4.69, 9.17) is 16.3 Å². The van der Waals surface area contributed by atoms with E-state index in [2.05, 4.69) is 4.98 Å². The Morgan fingerprint density at radius 1 is 1.20 bits per heavy atom. The van der Waals surface area contributed by atoms with E-state index in [1.165, 1.54) is 7.11 Å². The van der Waals surface area contributed by atoms with E-state index in [9.17, 15) is 4.79 Å². The van der Waals surface area contributed by atoms with Crippen LogP contribution in [0.25, 0.3) is 16.9 Å². The first kappa shape index (κ1) is 12.7. The fraction of sp³-hybridized carbons (Fsp3) is 0.0667. The van der Waals surface area contributed by atoms with E-state index in [0.29, 0.717) is 22.1 Å². The van der Waals surface area contributed by atoms with Gasteiger partial charge in [0.2, 0.25) is 0 Å². The van der Waals surface area contributed by atoms with Crippen LogP contribution in [-0.4, -0.2) is 22.5 Å². The Labute approximate surface area is 120 Å². The summed E-state index contributed by atoms with van der Waals surface area (Å²) in [5.41, 5.74) is 2.50. The summed E-state index contributed by atoms with van der Waals surface area (Å²) in [7, 11) is 1.36. The van der Waals surface area contributed by atoms with E-state index in [1.54, 1.807) is 22.7 Å². The number of halogens is 1. The van der Waals surface area contributed by atoms with Gasteiger partial charge in [0.05, 0.1) is 7.11 Å². The second kappa shape index (κ2) is 4.98. The molecule has 0 saturated carbocycles. The number of rotatable bonds is 2. The van der Waals surface area contributed by atoms with Crippen molar-refractivity contribution in [2.75, 3.05) is 7.11 Å². The Kier molecular flexibility index (Phi) is 3.16. The number of methoxy groups -OCH3 is 1. The predicted octanol–water partition coefficient (Wildman–Crippen LogP) is 3.44. The minimum atomic E-state index is -0.423. The van der Waals surface area contributed by atoms with Crippen LogP contribution in [0.1, 0.15) is 10.5 Å². The highest BCUT2D eigenvalue weighted by atomic mass is 35.5. The number of hydrogen-bond acceptors (Lipinski definition) is 3. The summed E-state index contributed by atoms with van der Waals surface area (Å²) in [6, 6.07) is 12.7. The van der Waals surface area contributed by atoms with Gasteiger partial charge in [0.25, 0.3) is 0 Å². The topological polar surface area (TPSA) is 43.6 Å². The van der Waals surface area contributed by atoms with Crippen molar-refractivity contribution in [1.29, 1.82) is 0 Å². The number of hydrogen-bond donors (Lipinski definition) is 0. The number of aromatic nitrogens is 2.